The maximum absolute atomic E-state index is 11.2. The lowest BCUT2D eigenvalue weighted by atomic mass is 10.4. The van der Waals surface area contributed by atoms with Gasteiger partial charge in [-0.05, 0) is 10.4 Å². The largest absolute Gasteiger partial charge is 0.465 e. The van der Waals surface area contributed by atoms with E-state index >= 15 is 0 Å². The van der Waals surface area contributed by atoms with Gasteiger partial charge in [-0.2, -0.15) is 0 Å². The summed E-state index contributed by atoms with van der Waals surface area (Å²) >= 11 is 1.33. The van der Waals surface area contributed by atoms with Crippen LogP contribution in [0.25, 0.3) is 0 Å². The molecule has 1 unspecified atom stereocenters. The minimum absolute atomic E-state index is 0.187. The molecule has 1 saturated heterocycles. The van der Waals surface area contributed by atoms with Crippen molar-refractivity contribution < 1.29 is 9.53 Å². The van der Waals surface area contributed by atoms with Crippen molar-refractivity contribution in [3.8, 4) is 0 Å². The normalized spacial score (nSPS) is 20.6. The molecule has 1 atom stereocenters. The number of carbonyl (C=O) groups excluding carboxylic acids is 1. The van der Waals surface area contributed by atoms with Crippen LogP contribution < -0.4 is 5.73 Å². The lowest BCUT2D eigenvalue weighted by Crippen LogP contribution is -2.15. The van der Waals surface area contributed by atoms with E-state index in [0.29, 0.717) is 31.3 Å². The summed E-state index contributed by atoms with van der Waals surface area (Å²) in [5, 5.41) is 11.6. The van der Waals surface area contributed by atoms with E-state index in [4.69, 9.17) is 10.5 Å². The van der Waals surface area contributed by atoms with E-state index in [2.05, 4.69) is 15.5 Å². The van der Waals surface area contributed by atoms with Crippen LogP contribution in [0.4, 0.5) is 0 Å². The van der Waals surface area contributed by atoms with Gasteiger partial charge in [-0.15, -0.1) is 5.10 Å². The number of rotatable bonds is 4. The number of ether oxygens (including phenoxy) is 1. The molecule has 1 aromatic heterocycles. The molecule has 2 heterocycles. The minimum atomic E-state index is -0.192. The topological polar surface area (TPSA) is 95.9 Å². The third-order valence-electron chi connectivity index (χ3n) is 1.97. The van der Waals surface area contributed by atoms with Gasteiger partial charge in [0.2, 0.25) is 5.16 Å². The van der Waals surface area contributed by atoms with Gasteiger partial charge >= 0.3 is 5.97 Å². The molecule has 1 aliphatic heterocycles. The van der Waals surface area contributed by atoms with Gasteiger partial charge in [-0.3, -0.25) is 4.79 Å². The second-order valence-corrected chi connectivity index (χ2v) is 4.21. The highest BCUT2D eigenvalue weighted by atomic mass is 32.2. The Morgan fingerprint density at radius 1 is 1.67 bits per heavy atom. The standard InChI is InChI=1S/C7H11N5O2S/c8-2-3-12-7(9-10-11-12)15-5-1-4-14-6(5)13/h5H,1-4,8H2. The first-order valence-electron chi connectivity index (χ1n) is 4.61. The molecule has 0 spiro atoms. The van der Waals surface area contributed by atoms with Crippen molar-refractivity contribution in [2.75, 3.05) is 13.2 Å². The van der Waals surface area contributed by atoms with Crippen LogP contribution in [0.3, 0.4) is 0 Å². The van der Waals surface area contributed by atoms with Crippen LogP contribution in [-0.2, 0) is 16.1 Å². The second kappa shape index (κ2) is 4.58. The van der Waals surface area contributed by atoms with Gasteiger partial charge in [-0.25, -0.2) is 4.68 Å². The SMILES string of the molecule is NCCn1nnnc1SC1CCOC1=O. The molecule has 7 nitrogen and oxygen atoms in total. The van der Waals surface area contributed by atoms with Gasteiger partial charge in [-0.1, -0.05) is 11.8 Å². The van der Waals surface area contributed by atoms with Gasteiger partial charge in [0.05, 0.1) is 13.2 Å². The lowest BCUT2D eigenvalue weighted by Gasteiger charge is -2.04. The van der Waals surface area contributed by atoms with Crippen LogP contribution in [0.15, 0.2) is 5.16 Å². The Morgan fingerprint density at radius 3 is 3.20 bits per heavy atom. The number of nitrogens with zero attached hydrogens (tertiary/aromatic N) is 4. The summed E-state index contributed by atoms with van der Waals surface area (Å²) in [5.41, 5.74) is 5.41. The third-order valence-corrected chi connectivity index (χ3v) is 3.19. The summed E-state index contributed by atoms with van der Waals surface area (Å²) in [4.78, 5) is 11.2. The van der Waals surface area contributed by atoms with E-state index in [-0.39, 0.29) is 11.2 Å². The van der Waals surface area contributed by atoms with E-state index in [1.807, 2.05) is 0 Å². The third kappa shape index (κ3) is 2.26. The summed E-state index contributed by atoms with van der Waals surface area (Å²) in [6, 6.07) is 0. The Kier molecular flexibility index (Phi) is 3.17. The molecule has 82 valence electrons. The number of nitrogens with two attached hydrogens (primary N) is 1. The molecule has 0 saturated carbocycles. The van der Waals surface area contributed by atoms with Crippen molar-refractivity contribution in [1.29, 1.82) is 0 Å². The Bertz CT molecular complexity index is 355. The molecule has 0 aliphatic carbocycles. The smallest absolute Gasteiger partial charge is 0.319 e. The van der Waals surface area contributed by atoms with Gasteiger partial charge in [0.25, 0.3) is 0 Å². The summed E-state index contributed by atoms with van der Waals surface area (Å²) in [6.07, 6.45) is 0.707. The maximum Gasteiger partial charge on any atom is 0.319 e. The van der Waals surface area contributed by atoms with Crippen LogP contribution in [0.5, 0.6) is 0 Å². The van der Waals surface area contributed by atoms with E-state index in [1.165, 1.54) is 11.8 Å². The predicted molar refractivity (Wildman–Crippen MR) is 52.1 cm³/mol. The Morgan fingerprint density at radius 2 is 2.53 bits per heavy atom. The first-order valence-corrected chi connectivity index (χ1v) is 5.49. The molecule has 1 aromatic rings. The fraction of sp³-hybridized carbons (Fsp3) is 0.714. The number of cyclic esters (lactones) is 1. The fourth-order valence-corrected chi connectivity index (χ4v) is 2.22. The summed E-state index contributed by atoms with van der Waals surface area (Å²) in [6.45, 7) is 1.50. The molecule has 1 aliphatic rings. The number of hydrogen-bond acceptors (Lipinski definition) is 7. The van der Waals surface area contributed by atoms with Crippen molar-refractivity contribution >= 4 is 17.7 Å². The number of thioether (sulfide) groups is 1. The number of esters is 1. The van der Waals surface area contributed by atoms with Crippen molar-refractivity contribution in [1.82, 2.24) is 20.2 Å². The summed E-state index contributed by atoms with van der Waals surface area (Å²) in [7, 11) is 0. The van der Waals surface area contributed by atoms with E-state index in [9.17, 15) is 4.79 Å². The zero-order valence-electron chi connectivity index (χ0n) is 8.00. The maximum atomic E-state index is 11.2. The lowest BCUT2D eigenvalue weighted by molar-refractivity contribution is -0.137. The molecule has 0 bridgehead atoms. The summed E-state index contributed by atoms with van der Waals surface area (Å²) in [5.74, 6) is -0.192. The number of hydrogen-bond donors (Lipinski definition) is 1. The Hall–Kier alpha value is -1.15. The highest BCUT2D eigenvalue weighted by molar-refractivity contribution is 8.00. The highest BCUT2D eigenvalue weighted by Gasteiger charge is 2.29. The van der Waals surface area contributed by atoms with Crippen molar-refractivity contribution in [3.05, 3.63) is 0 Å². The van der Waals surface area contributed by atoms with Crippen molar-refractivity contribution in [3.63, 3.8) is 0 Å². The molecule has 1 fully saturated rings. The van der Waals surface area contributed by atoms with Crippen LogP contribution in [0.1, 0.15) is 6.42 Å². The zero-order valence-corrected chi connectivity index (χ0v) is 8.81. The molecule has 15 heavy (non-hydrogen) atoms. The van der Waals surface area contributed by atoms with Crippen LogP contribution in [-0.4, -0.2) is 44.6 Å². The molecule has 0 amide bonds. The molecular weight excluding hydrogens is 218 g/mol. The van der Waals surface area contributed by atoms with E-state index < -0.39 is 0 Å². The van der Waals surface area contributed by atoms with Crippen molar-refractivity contribution in [2.24, 2.45) is 5.73 Å². The molecule has 2 rings (SSSR count). The Labute approximate surface area is 90.3 Å². The first-order chi connectivity index (χ1) is 7.31. The molecule has 2 N–H and O–H groups in total. The molecule has 8 heteroatoms. The van der Waals surface area contributed by atoms with Crippen molar-refractivity contribution in [2.45, 2.75) is 23.4 Å². The predicted octanol–water partition coefficient (Wildman–Crippen LogP) is -0.961. The minimum Gasteiger partial charge on any atom is -0.465 e. The second-order valence-electron chi connectivity index (χ2n) is 3.04. The first kappa shape index (κ1) is 10.4. The fourth-order valence-electron chi connectivity index (χ4n) is 1.26. The van der Waals surface area contributed by atoms with E-state index in [0.717, 1.165) is 0 Å². The number of aromatic nitrogens is 4. The number of carbonyl (C=O) groups is 1. The van der Waals surface area contributed by atoms with Crippen LogP contribution in [0.2, 0.25) is 0 Å². The zero-order chi connectivity index (χ0) is 10.7. The van der Waals surface area contributed by atoms with Crippen LogP contribution in [0, 0.1) is 0 Å². The average Bonchev–Trinajstić information content (AvgIpc) is 2.80. The summed E-state index contributed by atoms with van der Waals surface area (Å²) < 4.78 is 6.45. The average molecular weight is 229 g/mol. The molecular formula is C7H11N5O2S. The molecule has 0 radical (unpaired) electrons. The van der Waals surface area contributed by atoms with Gasteiger partial charge in [0, 0.05) is 13.0 Å². The van der Waals surface area contributed by atoms with Gasteiger partial charge < -0.3 is 10.5 Å². The molecule has 0 aromatic carbocycles. The number of tetrazole rings is 1. The van der Waals surface area contributed by atoms with Gasteiger partial charge in [0.15, 0.2) is 0 Å². The van der Waals surface area contributed by atoms with Gasteiger partial charge in [0.1, 0.15) is 5.25 Å². The monoisotopic (exact) mass is 229 g/mol. The quantitative estimate of drug-likeness (QED) is 0.664. The Balaban J connectivity index is 2.03. The van der Waals surface area contributed by atoms with Crippen LogP contribution >= 0.6 is 11.8 Å². The highest BCUT2D eigenvalue weighted by Crippen LogP contribution is 2.27. The van der Waals surface area contributed by atoms with E-state index in [1.54, 1.807) is 4.68 Å².